The van der Waals surface area contributed by atoms with Gasteiger partial charge >= 0.3 is 0 Å². The SMILES string of the molecule is O=[N+]([O-])C=CS(=O)(=O)c1ccccc1. The van der Waals surface area contributed by atoms with Crippen LogP contribution in [-0.4, -0.2) is 13.3 Å². The van der Waals surface area contributed by atoms with E-state index in [1.165, 1.54) is 12.1 Å². The van der Waals surface area contributed by atoms with Gasteiger partial charge in [0.2, 0.25) is 16.0 Å². The largest absolute Gasteiger partial charge is 0.259 e. The molecule has 0 aromatic heterocycles. The van der Waals surface area contributed by atoms with Crippen molar-refractivity contribution in [3.63, 3.8) is 0 Å². The van der Waals surface area contributed by atoms with Crippen molar-refractivity contribution < 1.29 is 13.3 Å². The van der Waals surface area contributed by atoms with Gasteiger partial charge in [-0.25, -0.2) is 8.42 Å². The molecule has 1 rings (SSSR count). The highest BCUT2D eigenvalue weighted by Crippen LogP contribution is 2.10. The van der Waals surface area contributed by atoms with E-state index < -0.39 is 14.8 Å². The van der Waals surface area contributed by atoms with Crippen LogP contribution in [0.4, 0.5) is 0 Å². The highest BCUT2D eigenvalue weighted by atomic mass is 32.2. The molecule has 0 radical (unpaired) electrons. The molecule has 5 nitrogen and oxygen atoms in total. The molecule has 0 aliphatic heterocycles. The third-order valence-electron chi connectivity index (χ3n) is 1.43. The summed E-state index contributed by atoms with van der Waals surface area (Å²) in [5.74, 6) is 0. The molecule has 0 heterocycles. The minimum atomic E-state index is -3.68. The number of nitro groups is 1. The second-order valence-electron chi connectivity index (χ2n) is 2.43. The van der Waals surface area contributed by atoms with Gasteiger partial charge in [0.25, 0.3) is 0 Å². The molecule has 0 amide bonds. The fraction of sp³-hybridized carbons (Fsp3) is 0. The smallest absolute Gasteiger partial charge is 0.246 e. The van der Waals surface area contributed by atoms with Gasteiger partial charge < -0.3 is 0 Å². The normalized spacial score (nSPS) is 11.7. The molecular formula is C8H7NO4S. The Balaban J connectivity index is 3.05. The zero-order chi connectivity index (χ0) is 10.6. The number of benzene rings is 1. The monoisotopic (exact) mass is 213 g/mol. The fourth-order valence-electron chi connectivity index (χ4n) is 0.819. The van der Waals surface area contributed by atoms with E-state index in [1.54, 1.807) is 18.2 Å². The van der Waals surface area contributed by atoms with Gasteiger partial charge in [-0.2, -0.15) is 0 Å². The molecule has 6 heteroatoms. The molecule has 0 N–H and O–H groups in total. The van der Waals surface area contributed by atoms with Crippen molar-refractivity contribution in [2.24, 2.45) is 0 Å². The van der Waals surface area contributed by atoms with Gasteiger partial charge in [-0.05, 0) is 12.1 Å². The van der Waals surface area contributed by atoms with E-state index in [2.05, 4.69) is 0 Å². The lowest BCUT2D eigenvalue weighted by Crippen LogP contribution is -1.97. The average Bonchev–Trinajstić information content (AvgIpc) is 2.16. The molecule has 0 saturated heterocycles. The van der Waals surface area contributed by atoms with E-state index in [0.717, 1.165) is 0 Å². The minimum Gasteiger partial charge on any atom is -0.259 e. The first-order valence-corrected chi connectivity index (χ1v) is 5.19. The average molecular weight is 213 g/mol. The van der Waals surface area contributed by atoms with E-state index in [-0.39, 0.29) is 4.90 Å². The lowest BCUT2D eigenvalue weighted by Gasteiger charge is -1.95. The van der Waals surface area contributed by atoms with E-state index >= 15 is 0 Å². The zero-order valence-electron chi connectivity index (χ0n) is 7.03. The highest BCUT2D eigenvalue weighted by molar-refractivity contribution is 7.94. The second-order valence-corrected chi connectivity index (χ2v) is 4.26. The van der Waals surface area contributed by atoms with Crippen LogP contribution in [0.1, 0.15) is 0 Å². The molecule has 0 aliphatic carbocycles. The standard InChI is InChI=1S/C8H7NO4S/c10-9(11)6-7-14(12,13)8-4-2-1-3-5-8/h1-7H. The van der Waals surface area contributed by atoms with Crippen LogP contribution in [0, 0.1) is 10.1 Å². The van der Waals surface area contributed by atoms with Crippen LogP contribution in [0.5, 0.6) is 0 Å². The van der Waals surface area contributed by atoms with Crippen LogP contribution in [0.3, 0.4) is 0 Å². The second kappa shape index (κ2) is 4.01. The Morgan fingerprint density at radius 3 is 2.29 bits per heavy atom. The van der Waals surface area contributed by atoms with Crippen molar-refractivity contribution in [3.8, 4) is 0 Å². The Kier molecular flexibility index (Phi) is 2.98. The van der Waals surface area contributed by atoms with Crippen molar-refractivity contribution in [2.75, 3.05) is 0 Å². The summed E-state index contributed by atoms with van der Waals surface area (Å²) in [6.45, 7) is 0. The molecule has 0 saturated carbocycles. The maximum atomic E-state index is 11.3. The number of rotatable bonds is 3. The third-order valence-corrected chi connectivity index (χ3v) is 2.84. The van der Waals surface area contributed by atoms with E-state index in [1.807, 2.05) is 0 Å². The summed E-state index contributed by atoms with van der Waals surface area (Å²) in [4.78, 5) is 9.15. The van der Waals surface area contributed by atoms with Crippen molar-refractivity contribution in [3.05, 3.63) is 52.1 Å². The molecule has 0 bridgehead atoms. The number of sulfone groups is 1. The Morgan fingerprint density at radius 1 is 1.21 bits per heavy atom. The van der Waals surface area contributed by atoms with E-state index in [4.69, 9.17) is 0 Å². The number of nitrogens with zero attached hydrogens (tertiary/aromatic N) is 1. The summed E-state index contributed by atoms with van der Waals surface area (Å²) in [5, 5.41) is 10.5. The van der Waals surface area contributed by atoms with Gasteiger partial charge in [0.15, 0.2) is 0 Å². The molecule has 0 spiro atoms. The Bertz CT molecular complexity index is 449. The zero-order valence-corrected chi connectivity index (χ0v) is 7.85. The number of hydrogen-bond acceptors (Lipinski definition) is 4. The molecule has 0 fully saturated rings. The van der Waals surface area contributed by atoms with Crippen LogP contribution in [0.2, 0.25) is 0 Å². The maximum absolute atomic E-state index is 11.3. The molecular weight excluding hydrogens is 206 g/mol. The first-order valence-electron chi connectivity index (χ1n) is 3.64. The van der Waals surface area contributed by atoms with Crippen LogP contribution in [0.25, 0.3) is 0 Å². The van der Waals surface area contributed by atoms with Crippen molar-refractivity contribution in [1.29, 1.82) is 0 Å². The topological polar surface area (TPSA) is 77.3 Å². The summed E-state index contributed by atoms with van der Waals surface area (Å²) in [6.07, 6.45) is 0.405. The van der Waals surface area contributed by atoms with Gasteiger partial charge in [-0.1, -0.05) is 18.2 Å². The first-order chi connectivity index (χ1) is 6.52. The van der Waals surface area contributed by atoms with Gasteiger partial charge in [0.1, 0.15) is 5.41 Å². The van der Waals surface area contributed by atoms with Crippen LogP contribution < -0.4 is 0 Å². The Morgan fingerprint density at radius 2 is 1.79 bits per heavy atom. The summed E-state index contributed by atoms with van der Waals surface area (Å²) in [7, 11) is -3.68. The predicted octanol–water partition coefficient (Wildman–Crippen LogP) is 1.21. The van der Waals surface area contributed by atoms with Crippen molar-refractivity contribution in [1.82, 2.24) is 0 Å². The van der Waals surface area contributed by atoms with Gasteiger partial charge in [-0.3, -0.25) is 10.1 Å². The van der Waals surface area contributed by atoms with Crippen LogP contribution in [-0.2, 0) is 9.84 Å². The third kappa shape index (κ3) is 2.67. The van der Waals surface area contributed by atoms with E-state index in [9.17, 15) is 18.5 Å². The highest BCUT2D eigenvalue weighted by Gasteiger charge is 2.10. The van der Waals surface area contributed by atoms with Crippen LogP contribution >= 0.6 is 0 Å². The predicted molar refractivity (Wildman–Crippen MR) is 49.8 cm³/mol. The lowest BCUT2D eigenvalue weighted by molar-refractivity contribution is -0.402. The molecule has 74 valence electrons. The number of hydrogen-bond donors (Lipinski definition) is 0. The summed E-state index contributed by atoms with van der Waals surface area (Å²) in [6, 6.07) is 7.51. The summed E-state index contributed by atoms with van der Waals surface area (Å²) in [5.41, 5.74) is 0. The Labute approximate surface area is 80.8 Å². The molecule has 0 atom stereocenters. The lowest BCUT2D eigenvalue weighted by atomic mass is 10.4. The van der Waals surface area contributed by atoms with Crippen molar-refractivity contribution >= 4 is 9.84 Å². The van der Waals surface area contributed by atoms with Gasteiger partial charge in [0.05, 0.1) is 9.82 Å². The van der Waals surface area contributed by atoms with Gasteiger partial charge in [0, 0.05) is 0 Å². The minimum absolute atomic E-state index is 0.0399. The summed E-state index contributed by atoms with van der Waals surface area (Å²) < 4.78 is 22.7. The Hall–Kier alpha value is -1.69. The fourth-order valence-corrected chi connectivity index (χ4v) is 1.77. The van der Waals surface area contributed by atoms with E-state index in [0.29, 0.717) is 11.6 Å². The summed E-state index contributed by atoms with van der Waals surface area (Å²) >= 11 is 0. The quantitative estimate of drug-likeness (QED) is 0.558. The van der Waals surface area contributed by atoms with Crippen LogP contribution in [0.15, 0.2) is 46.8 Å². The van der Waals surface area contributed by atoms with Crippen molar-refractivity contribution in [2.45, 2.75) is 4.90 Å². The molecule has 0 aliphatic rings. The molecule has 1 aromatic rings. The molecule has 14 heavy (non-hydrogen) atoms. The first kappa shape index (κ1) is 10.4. The van der Waals surface area contributed by atoms with Gasteiger partial charge in [-0.15, -0.1) is 0 Å². The molecule has 1 aromatic carbocycles. The molecule has 0 unspecified atom stereocenters. The maximum Gasteiger partial charge on any atom is 0.246 e.